The molecule has 4 nitrogen and oxygen atoms in total. The zero-order chi connectivity index (χ0) is 17.0. The van der Waals surface area contributed by atoms with E-state index in [2.05, 4.69) is 5.16 Å². The molecule has 1 aromatic heterocycles. The molecule has 1 aliphatic heterocycles. The predicted octanol–water partition coefficient (Wildman–Crippen LogP) is 3.40. The molecule has 2 heterocycles. The molecule has 6 heteroatoms. The van der Waals surface area contributed by atoms with E-state index in [1.165, 1.54) is 6.07 Å². The van der Waals surface area contributed by atoms with Gasteiger partial charge in [-0.3, -0.25) is 0 Å². The van der Waals surface area contributed by atoms with Gasteiger partial charge in [0.05, 0.1) is 16.7 Å². The van der Waals surface area contributed by atoms with Crippen LogP contribution in [0.4, 0.5) is 4.39 Å². The number of hydrogen-bond acceptors (Lipinski definition) is 4. The van der Waals surface area contributed by atoms with Crippen molar-refractivity contribution in [1.29, 1.82) is 0 Å². The first-order valence-electron chi connectivity index (χ1n) is 7.71. The maximum absolute atomic E-state index is 13.5. The van der Waals surface area contributed by atoms with E-state index >= 15 is 0 Å². The number of halogens is 1. The van der Waals surface area contributed by atoms with Gasteiger partial charge in [-0.1, -0.05) is 5.16 Å². The van der Waals surface area contributed by atoms with Crippen LogP contribution in [0, 0.1) is 19.7 Å². The van der Waals surface area contributed by atoms with E-state index in [1.807, 2.05) is 34.6 Å². The second kappa shape index (κ2) is 5.18. The Bertz CT molecular complexity index is 738. The lowest BCUT2D eigenvalue weighted by Gasteiger charge is -2.32. The number of rotatable bonds is 2. The van der Waals surface area contributed by atoms with E-state index in [4.69, 9.17) is 13.8 Å². The molecule has 0 saturated carbocycles. The van der Waals surface area contributed by atoms with Gasteiger partial charge in [0.25, 0.3) is 0 Å². The van der Waals surface area contributed by atoms with E-state index < -0.39 is 18.3 Å². The lowest BCUT2D eigenvalue weighted by molar-refractivity contribution is 0.00578. The normalized spacial score (nSPS) is 19.3. The first kappa shape index (κ1) is 16.2. The highest BCUT2D eigenvalue weighted by Gasteiger charge is 2.53. The van der Waals surface area contributed by atoms with Crippen molar-refractivity contribution in [2.45, 2.75) is 52.7 Å². The van der Waals surface area contributed by atoms with Crippen LogP contribution in [0.2, 0.25) is 0 Å². The molecule has 0 bridgehead atoms. The molecule has 0 amide bonds. The van der Waals surface area contributed by atoms with Crippen LogP contribution in [0.25, 0.3) is 11.3 Å². The van der Waals surface area contributed by atoms with Gasteiger partial charge in [-0.15, -0.1) is 0 Å². The average molecular weight is 317 g/mol. The largest absolute Gasteiger partial charge is 0.500 e. The summed E-state index contributed by atoms with van der Waals surface area (Å²) in [4.78, 5) is 0. The van der Waals surface area contributed by atoms with Gasteiger partial charge in [-0.05, 0) is 65.3 Å². The molecule has 0 unspecified atom stereocenters. The quantitative estimate of drug-likeness (QED) is 0.797. The standard InChI is InChI=1S/C17H21BFNO3/c1-10-9-12(7-8-13(10)19)15-14(11(2)21-20-15)18-22-16(3,4)17(5,6)23-18/h7-9H,1-6H3. The third-order valence-electron chi connectivity index (χ3n) is 4.83. The van der Waals surface area contributed by atoms with Crippen molar-refractivity contribution in [2.75, 3.05) is 0 Å². The monoisotopic (exact) mass is 317 g/mol. The molecule has 122 valence electrons. The summed E-state index contributed by atoms with van der Waals surface area (Å²) in [6.45, 7) is 11.5. The van der Waals surface area contributed by atoms with Gasteiger partial charge < -0.3 is 13.8 Å². The van der Waals surface area contributed by atoms with E-state index in [0.717, 1.165) is 11.0 Å². The van der Waals surface area contributed by atoms with Crippen molar-refractivity contribution < 1.29 is 18.2 Å². The lowest BCUT2D eigenvalue weighted by Crippen LogP contribution is -2.41. The van der Waals surface area contributed by atoms with Gasteiger partial charge in [0.1, 0.15) is 17.3 Å². The van der Waals surface area contributed by atoms with Crippen LogP contribution in [0.3, 0.4) is 0 Å². The molecule has 1 aromatic carbocycles. The van der Waals surface area contributed by atoms with Crippen molar-refractivity contribution >= 4 is 12.6 Å². The van der Waals surface area contributed by atoms with Gasteiger partial charge >= 0.3 is 7.12 Å². The molecule has 3 rings (SSSR count). The number of benzene rings is 1. The average Bonchev–Trinajstić information content (AvgIpc) is 2.91. The molecule has 1 fully saturated rings. The number of nitrogens with zero attached hydrogens (tertiary/aromatic N) is 1. The third kappa shape index (κ3) is 2.60. The Labute approximate surface area is 136 Å². The molecule has 1 saturated heterocycles. The number of aromatic nitrogens is 1. The summed E-state index contributed by atoms with van der Waals surface area (Å²) >= 11 is 0. The van der Waals surface area contributed by atoms with Gasteiger partial charge in [0, 0.05) is 5.56 Å². The molecule has 23 heavy (non-hydrogen) atoms. The maximum atomic E-state index is 13.5. The Kier molecular flexibility index (Phi) is 3.65. The van der Waals surface area contributed by atoms with E-state index in [0.29, 0.717) is 17.0 Å². The van der Waals surface area contributed by atoms with Crippen LogP contribution in [0.15, 0.2) is 22.7 Å². The summed E-state index contributed by atoms with van der Waals surface area (Å²) in [5.74, 6) is 0.395. The van der Waals surface area contributed by atoms with Crippen LogP contribution in [-0.2, 0) is 9.31 Å². The van der Waals surface area contributed by atoms with Crippen molar-refractivity contribution in [3.63, 3.8) is 0 Å². The highest BCUT2D eigenvalue weighted by Crippen LogP contribution is 2.37. The fourth-order valence-corrected chi connectivity index (χ4v) is 2.62. The van der Waals surface area contributed by atoms with Crippen LogP contribution >= 0.6 is 0 Å². The summed E-state index contributed by atoms with van der Waals surface area (Å²) in [7, 11) is -0.563. The summed E-state index contributed by atoms with van der Waals surface area (Å²) in [5.41, 5.74) is 1.83. The van der Waals surface area contributed by atoms with Crippen LogP contribution < -0.4 is 5.46 Å². The van der Waals surface area contributed by atoms with Crippen molar-refractivity contribution in [3.05, 3.63) is 35.3 Å². The molecule has 0 atom stereocenters. The minimum Gasteiger partial charge on any atom is -0.399 e. The van der Waals surface area contributed by atoms with Gasteiger partial charge in [0.2, 0.25) is 0 Å². The number of hydrogen-bond donors (Lipinski definition) is 0. The maximum Gasteiger partial charge on any atom is 0.500 e. The van der Waals surface area contributed by atoms with Crippen LogP contribution in [0.1, 0.15) is 39.0 Å². The molecular weight excluding hydrogens is 296 g/mol. The minimum absolute atomic E-state index is 0.244. The summed E-state index contributed by atoms with van der Waals surface area (Å²) in [6.07, 6.45) is 0. The predicted molar refractivity (Wildman–Crippen MR) is 87.1 cm³/mol. The Balaban J connectivity index is 2.05. The SMILES string of the molecule is Cc1cc(-c2noc(C)c2B2OC(C)(C)C(C)(C)O2)ccc1F. The highest BCUT2D eigenvalue weighted by atomic mass is 19.1. The van der Waals surface area contributed by atoms with Crippen molar-refractivity contribution in [1.82, 2.24) is 5.16 Å². The van der Waals surface area contributed by atoms with Crippen LogP contribution in [0.5, 0.6) is 0 Å². The van der Waals surface area contributed by atoms with Gasteiger partial charge in [0.15, 0.2) is 0 Å². The van der Waals surface area contributed by atoms with E-state index in [1.54, 1.807) is 19.1 Å². The van der Waals surface area contributed by atoms with E-state index in [9.17, 15) is 4.39 Å². The van der Waals surface area contributed by atoms with Crippen molar-refractivity contribution in [2.24, 2.45) is 0 Å². The zero-order valence-electron chi connectivity index (χ0n) is 14.4. The first-order valence-corrected chi connectivity index (χ1v) is 7.71. The third-order valence-corrected chi connectivity index (χ3v) is 4.83. The molecule has 0 aliphatic carbocycles. The van der Waals surface area contributed by atoms with Crippen LogP contribution in [-0.4, -0.2) is 23.5 Å². The van der Waals surface area contributed by atoms with Gasteiger partial charge in [-0.25, -0.2) is 4.39 Å². The molecule has 2 aromatic rings. The molecular formula is C17H21BFNO3. The Hall–Kier alpha value is -1.66. The lowest BCUT2D eigenvalue weighted by atomic mass is 9.76. The van der Waals surface area contributed by atoms with E-state index in [-0.39, 0.29) is 5.82 Å². The molecule has 0 spiro atoms. The minimum atomic E-state index is -0.563. The molecule has 1 aliphatic rings. The molecule has 0 N–H and O–H groups in total. The molecule has 0 radical (unpaired) electrons. The second-order valence-corrected chi connectivity index (χ2v) is 7.05. The summed E-state index contributed by atoms with van der Waals surface area (Å²) in [6, 6.07) is 4.87. The first-order chi connectivity index (χ1) is 10.6. The Morgan fingerprint density at radius 1 is 1.04 bits per heavy atom. The Morgan fingerprint density at radius 2 is 1.65 bits per heavy atom. The summed E-state index contributed by atoms with van der Waals surface area (Å²) in [5, 5.41) is 4.14. The topological polar surface area (TPSA) is 44.5 Å². The highest BCUT2D eigenvalue weighted by molar-refractivity contribution is 6.64. The Morgan fingerprint density at radius 3 is 2.22 bits per heavy atom. The fraction of sp³-hybridized carbons (Fsp3) is 0.471. The van der Waals surface area contributed by atoms with Gasteiger partial charge in [-0.2, -0.15) is 0 Å². The second-order valence-electron chi connectivity index (χ2n) is 7.05. The number of aryl methyl sites for hydroxylation is 2. The fourth-order valence-electron chi connectivity index (χ4n) is 2.62. The van der Waals surface area contributed by atoms with Crippen molar-refractivity contribution in [3.8, 4) is 11.3 Å². The summed E-state index contributed by atoms with van der Waals surface area (Å²) < 4.78 is 31.1. The zero-order valence-corrected chi connectivity index (χ0v) is 14.4. The smallest absolute Gasteiger partial charge is 0.399 e.